The van der Waals surface area contributed by atoms with Gasteiger partial charge in [-0.3, -0.25) is 9.59 Å². The van der Waals surface area contributed by atoms with Gasteiger partial charge < -0.3 is 25.2 Å². The average molecular weight is 429 g/mol. The van der Waals surface area contributed by atoms with Crippen LogP contribution in [0.1, 0.15) is 18.4 Å². The number of amides is 2. The molecular weight excluding hydrogens is 402 g/mol. The second-order valence-electron chi connectivity index (χ2n) is 6.47. The molecule has 0 aromatic heterocycles. The molecule has 1 atom stereocenters. The Morgan fingerprint density at radius 3 is 2.69 bits per heavy atom. The summed E-state index contributed by atoms with van der Waals surface area (Å²) in [5.41, 5.74) is 0.677. The molecule has 0 aliphatic carbocycles. The number of carbonyl (C=O) groups excluding carboxylic acids is 2. The fourth-order valence-electron chi connectivity index (χ4n) is 2.87. The molecule has 10 nitrogen and oxygen atoms in total. The van der Waals surface area contributed by atoms with Gasteiger partial charge in [0.2, 0.25) is 10.0 Å². The number of nitrogens with one attached hydrogen (secondary N) is 2. The van der Waals surface area contributed by atoms with E-state index in [1.807, 2.05) is 0 Å². The monoisotopic (exact) mass is 429 g/mol. The van der Waals surface area contributed by atoms with Crippen LogP contribution >= 0.6 is 0 Å². The molecule has 0 unspecified atom stereocenters. The van der Waals surface area contributed by atoms with Crippen molar-refractivity contribution in [2.24, 2.45) is 0 Å². The van der Waals surface area contributed by atoms with Crippen molar-refractivity contribution >= 4 is 21.8 Å². The molecule has 1 fully saturated rings. The Balaban J connectivity index is 2.07. The topological polar surface area (TPSA) is 134 Å². The van der Waals surface area contributed by atoms with Gasteiger partial charge in [0.1, 0.15) is 12.0 Å². The average Bonchev–Trinajstić information content (AvgIpc) is 2.72. The Bertz CT molecular complexity index is 829. The van der Waals surface area contributed by atoms with E-state index in [0.29, 0.717) is 30.8 Å². The minimum Gasteiger partial charge on any atom is -0.496 e. The summed E-state index contributed by atoms with van der Waals surface area (Å²) < 4.78 is 38.1. The highest BCUT2D eigenvalue weighted by Gasteiger charge is 2.35. The Labute approximate surface area is 170 Å². The lowest BCUT2D eigenvalue weighted by Gasteiger charge is -2.34. The lowest BCUT2D eigenvalue weighted by molar-refractivity contribution is -0.140. The molecule has 1 aromatic carbocycles. The first kappa shape index (κ1) is 23.1. The van der Waals surface area contributed by atoms with Crippen LogP contribution < -0.4 is 15.4 Å². The summed E-state index contributed by atoms with van der Waals surface area (Å²) in [4.78, 5) is 23.7. The number of ether oxygens (including phenoxy) is 2. The fraction of sp³-hybridized carbons (Fsp3) is 0.556. The molecule has 162 valence electrons. The SMILES string of the molecule is COc1ccc(S(=O)(=O)N2CCCO[C@@H]2CNC(=O)C(=O)NCCCO)cc1C. The van der Waals surface area contributed by atoms with Gasteiger partial charge in [-0.1, -0.05) is 0 Å². The predicted octanol–water partition coefficient (Wildman–Crippen LogP) is -0.644. The molecule has 1 aliphatic heterocycles. The van der Waals surface area contributed by atoms with Gasteiger partial charge in [-0.05, 0) is 43.5 Å². The maximum absolute atomic E-state index is 13.1. The Hall–Kier alpha value is -2.21. The third kappa shape index (κ3) is 5.89. The summed E-state index contributed by atoms with van der Waals surface area (Å²) in [5, 5.41) is 13.5. The number of aliphatic hydroxyl groups excluding tert-OH is 1. The smallest absolute Gasteiger partial charge is 0.309 e. The van der Waals surface area contributed by atoms with Crippen LogP contribution in [-0.2, 0) is 24.3 Å². The molecule has 0 bridgehead atoms. The van der Waals surface area contributed by atoms with Gasteiger partial charge in [0.05, 0.1) is 25.2 Å². The highest BCUT2D eigenvalue weighted by Crippen LogP contribution is 2.26. The highest BCUT2D eigenvalue weighted by molar-refractivity contribution is 7.89. The normalized spacial score (nSPS) is 17.6. The zero-order chi connectivity index (χ0) is 21.4. The first-order chi connectivity index (χ1) is 13.8. The van der Waals surface area contributed by atoms with E-state index in [9.17, 15) is 18.0 Å². The van der Waals surface area contributed by atoms with Crippen LogP contribution in [0.25, 0.3) is 0 Å². The summed E-state index contributed by atoms with van der Waals surface area (Å²) in [6.45, 7) is 2.22. The van der Waals surface area contributed by atoms with E-state index in [4.69, 9.17) is 14.6 Å². The van der Waals surface area contributed by atoms with Gasteiger partial charge in [0, 0.05) is 19.7 Å². The molecule has 0 spiro atoms. The molecule has 2 amide bonds. The first-order valence-corrected chi connectivity index (χ1v) is 10.7. The van der Waals surface area contributed by atoms with Crippen molar-refractivity contribution in [3.05, 3.63) is 23.8 Å². The number of hydrogen-bond donors (Lipinski definition) is 3. The van der Waals surface area contributed by atoms with Crippen LogP contribution in [0.5, 0.6) is 5.75 Å². The van der Waals surface area contributed by atoms with Crippen molar-refractivity contribution in [2.75, 3.05) is 40.0 Å². The van der Waals surface area contributed by atoms with Crippen LogP contribution in [0.3, 0.4) is 0 Å². The van der Waals surface area contributed by atoms with Crippen molar-refractivity contribution < 1.29 is 32.6 Å². The summed E-state index contributed by atoms with van der Waals surface area (Å²) in [5.74, 6) is -1.17. The molecule has 0 radical (unpaired) electrons. The fourth-order valence-corrected chi connectivity index (χ4v) is 4.52. The third-order valence-electron chi connectivity index (χ3n) is 4.39. The van der Waals surface area contributed by atoms with E-state index in [0.717, 1.165) is 0 Å². The third-order valence-corrected chi connectivity index (χ3v) is 6.28. The summed E-state index contributed by atoms with van der Waals surface area (Å²) in [6.07, 6.45) is -0.0799. The van der Waals surface area contributed by atoms with Crippen LogP contribution in [-0.4, -0.2) is 75.8 Å². The Morgan fingerprint density at radius 2 is 2.03 bits per heavy atom. The highest BCUT2D eigenvalue weighted by atomic mass is 32.2. The number of sulfonamides is 1. The van der Waals surface area contributed by atoms with Crippen molar-refractivity contribution in [1.29, 1.82) is 0 Å². The number of benzene rings is 1. The number of aliphatic hydroxyl groups is 1. The van der Waals surface area contributed by atoms with E-state index in [2.05, 4.69) is 10.6 Å². The van der Waals surface area contributed by atoms with E-state index in [1.165, 1.54) is 23.5 Å². The number of carbonyl (C=O) groups is 2. The zero-order valence-corrected chi connectivity index (χ0v) is 17.3. The molecule has 1 saturated heterocycles. The lowest BCUT2D eigenvalue weighted by atomic mass is 10.2. The van der Waals surface area contributed by atoms with Crippen LogP contribution in [0.15, 0.2) is 23.1 Å². The second kappa shape index (κ2) is 10.5. The molecule has 1 heterocycles. The molecule has 0 saturated carbocycles. The molecule has 1 aliphatic rings. The number of rotatable bonds is 8. The minimum absolute atomic E-state index is 0.0966. The van der Waals surface area contributed by atoms with Gasteiger partial charge in [0.25, 0.3) is 0 Å². The second-order valence-corrected chi connectivity index (χ2v) is 8.36. The quantitative estimate of drug-likeness (QED) is 0.369. The largest absolute Gasteiger partial charge is 0.496 e. The van der Waals surface area contributed by atoms with Gasteiger partial charge in [-0.2, -0.15) is 4.31 Å². The van der Waals surface area contributed by atoms with Gasteiger partial charge in [-0.25, -0.2) is 8.42 Å². The molecule has 1 aromatic rings. The van der Waals surface area contributed by atoms with Crippen LogP contribution in [0.2, 0.25) is 0 Å². The molecule has 29 heavy (non-hydrogen) atoms. The molecular formula is C18H27N3O7S. The predicted molar refractivity (Wildman–Crippen MR) is 104 cm³/mol. The Kier molecular flexibility index (Phi) is 8.38. The van der Waals surface area contributed by atoms with Crippen molar-refractivity contribution in [3.63, 3.8) is 0 Å². The van der Waals surface area contributed by atoms with Gasteiger partial charge in [-0.15, -0.1) is 0 Å². The lowest BCUT2D eigenvalue weighted by Crippen LogP contribution is -2.53. The Morgan fingerprint density at radius 1 is 1.31 bits per heavy atom. The van der Waals surface area contributed by atoms with Crippen molar-refractivity contribution in [3.8, 4) is 5.75 Å². The summed E-state index contributed by atoms with van der Waals surface area (Å²) >= 11 is 0. The number of nitrogens with zero attached hydrogens (tertiary/aromatic N) is 1. The van der Waals surface area contributed by atoms with E-state index >= 15 is 0 Å². The van der Waals surface area contributed by atoms with Crippen LogP contribution in [0, 0.1) is 6.92 Å². The van der Waals surface area contributed by atoms with Crippen LogP contribution in [0.4, 0.5) is 0 Å². The summed E-state index contributed by atoms with van der Waals surface area (Å²) in [6, 6.07) is 4.56. The summed E-state index contributed by atoms with van der Waals surface area (Å²) in [7, 11) is -2.36. The van der Waals surface area contributed by atoms with Gasteiger partial charge in [0.15, 0.2) is 0 Å². The van der Waals surface area contributed by atoms with Crippen molar-refractivity contribution in [2.45, 2.75) is 30.9 Å². The van der Waals surface area contributed by atoms with Gasteiger partial charge >= 0.3 is 11.8 Å². The van der Waals surface area contributed by atoms with Crippen molar-refractivity contribution in [1.82, 2.24) is 14.9 Å². The standard InChI is InChI=1S/C18H27N3O7S/c1-13-11-14(5-6-15(13)27-2)29(25,26)21-8-4-10-28-16(21)12-20-18(24)17(23)19-7-3-9-22/h5-6,11,16,22H,3-4,7-10,12H2,1-2H3,(H,19,23)(H,20,24)/t16-/m1/s1. The molecule has 2 rings (SSSR count). The maximum Gasteiger partial charge on any atom is 0.309 e. The zero-order valence-electron chi connectivity index (χ0n) is 16.5. The first-order valence-electron chi connectivity index (χ1n) is 9.26. The number of hydrogen-bond acceptors (Lipinski definition) is 7. The van der Waals surface area contributed by atoms with E-state index < -0.39 is 28.1 Å². The number of aryl methyl sites for hydroxylation is 1. The maximum atomic E-state index is 13.1. The minimum atomic E-state index is -3.87. The molecule has 11 heteroatoms. The number of methoxy groups -OCH3 is 1. The van der Waals surface area contributed by atoms with E-state index in [1.54, 1.807) is 13.0 Å². The van der Waals surface area contributed by atoms with E-state index in [-0.39, 0.29) is 31.1 Å². The molecule has 3 N–H and O–H groups in total.